The van der Waals surface area contributed by atoms with Crippen molar-refractivity contribution in [2.75, 3.05) is 0 Å². The molecule has 0 aliphatic heterocycles. The van der Waals surface area contributed by atoms with Gasteiger partial charge in [0.2, 0.25) is 10.0 Å². The molecule has 3 nitrogen and oxygen atoms in total. The zero-order valence-corrected chi connectivity index (χ0v) is 12.4. The molecule has 0 spiro atoms. The van der Waals surface area contributed by atoms with Gasteiger partial charge in [-0.2, -0.15) is 0 Å². The first-order valence-corrected chi connectivity index (χ1v) is 7.81. The predicted octanol–water partition coefficient (Wildman–Crippen LogP) is 3.61. The molecule has 0 heterocycles. The van der Waals surface area contributed by atoms with Gasteiger partial charge in [-0.1, -0.05) is 35.3 Å². The summed E-state index contributed by atoms with van der Waals surface area (Å²) in [4.78, 5) is -0.0357. The Morgan fingerprint density at radius 3 is 2.30 bits per heavy atom. The average Bonchev–Trinajstić information content (AvgIpc) is 2.35. The van der Waals surface area contributed by atoms with Gasteiger partial charge in [-0.25, -0.2) is 17.5 Å². The Morgan fingerprint density at radius 2 is 1.70 bits per heavy atom. The van der Waals surface area contributed by atoms with E-state index in [9.17, 15) is 12.8 Å². The maximum Gasteiger partial charge on any atom is 0.240 e. The molecule has 0 aromatic heterocycles. The summed E-state index contributed by atoms with van der Waals surface area (Å²) < 4.78 is 39.5. The van der Waals surface area contributed by atoms with E-state index in [-0.39, 0.29) is 21.5 Å². The van der Waals surface area contributed by atoms with Crippen LogP contribution in [0.5, 0.6) is 0 Å². The second-order valence-electron chi connectivity index (χ2n) is 4.06. The zero-order chi connectivity index (χ0) is 14.8. The van der Waals surface area contributed by atoms with Gasteiger partial charge in [-0.05, 0) is 35.9 Å². The normalized spacial score (nSPS) is 11.6. The first-order valence-electron chi connectivity index (χ1n) is 5.57. The Bertz CT molecular complexity index is 715. The van der Waals surface area contributed by atoms with Crippen molar-refractivity contribution >= 4 is 33.2 Å². The molecule has 0 bridgehead atoms. The van der Waals surface area contributed by atoms with E-state index in [4.69, 9.17) is 23.2 Å². The molecule has 0 unspecified atom stereocenters. The molecule has 0 saturated heterocycles. The average molecular weight is 334 g/mol. The molecule has 20 heavy (non-hydrogen) atoms. The van der Waals surface area contributed by atoms with Crippen LogP contribution in [-0.2, 0) is 16.6 Å². The van der Waals surface area contributed by atoms with Gasteiger partial charge >= 0.3 is 0 Å². The molecule has 1 N–H and O–H groups in total. The fourth-order valence-electron chi connectivity index (χ4n) is 1.59. The summed E-state index contributed by atoms with van der Waals surface area (Å²) in [7, 11) is -3.76. The van der Waals surface area contributed by atoms with Crippen LogP contribution < -0.4 is 4.72 Å². The van der Waals surface area contributed by atoms with E-state index in [1.807, 2.05) is 0 Å². The highest BCUT2D eigenvalue weighted by Gasteiger charge is 2.15. The Labute approximate surface area is 126 Å². The van der Waals surface area contributed by atoms with E-state index in [0.717, 1.165) is 0 Å². The van der Waals surface area contributed by atoms with Gasteiger partial charge in [0.15, 0.2) is 0 Å². The third-order valence-electron chi connectivity index (χ3n) is 2.50. The minimum absolute atomic E-state index is 0.0236. The van der Waals surface area contributed by atoms with Crippen LogP contribution in [0.25, 0.3) is 0 Å². The summed E-state index contributed by atoms with van der Waals surface area (Å²) in [6.45, 7) is -0.0236. The van der Waals surface area contributed by atoms with Crippen LogP contribution in [0.15, 0.2) is 47.4 Å². The highest BCUT2D eigenvalue weighted by atomic mass is 35.5. The molecule has 0 saturated carbocycles. The third kappa shape index (κ3) is 3.93. The molecule has 7 heteroatoms. The maximum atomic E-state index is 13.0. The van der Waals surface area contributed by atoms with E-state index in [1.54, 1.807) is 6.07 Å². The zero-order valence-electron chi connectivity index (χ0n) is 10.1. The second kappa shape index (κ2) is 6.10. The van der Waals surface area contributed by atoms with Crippen LogP contribution in [0.1, 0.15) is 5.56 Å². The Kier molecular flexibility index (Phi) is 4.65. The fraction of sp³-hybridized carbons (Fsp3) is 0.0769. The molecule has 0 fully saturated rings. The molecule has 106 valence electrons. The Hall–Kier alpha value is -1.14. The van der Waals surface area contributed by atoms with Crippen LogP contribution in [0.2, 0.25) is 10.0 Å². The third-order valence-corrected chi connectivity index (χ3v) is 4.32. The molecule has 2 aromatic carbocycles. The van der Waals surface area contributed by atoms with Crippen LogP contribution >= 0.6 is 23.2 Å². The summed E-state index contributed by atoms with van der Waals surface area (Å²) in [5, 5.41) is 0.451. The quantitative estimate of drug-likeness (QED) is 0.928. The Balaban J connectivity index is 2.19. The number of sulfonamides is 1. The van der Waals surface area contributed by atoms with Crippen LogP contribution in [0.3, 0.4) is 0 Å². The van der Waals surface area contributed by atoms with Crippen molar-refractivity contribution < 1.29 is 12.8 Å². The van der Waals surface area contributed by atoms with Crippen molar-refractivity contribution in [3.63, 3.8) is 0 Å². The van der Waals surface area contributed by atoms with Gasteiger partial charge in [0.1, 0.15) is 5.82 Å². The van der Waals surface area contributed by atoms with Crippen molar-refractivity contribution in [1.29, 1.82) is 0 Å². The molecular weight excluding hydrogens is 324 g/mol. The van der Waals surface area contributed by atoms with Gasteiger partial charge < -0.3 is 0 Å². The van der Waals surface area contributed by atoms with E-state index >= 15 is 0 Å². The number of halogens is 3. The molecule has 2 rings (SSSR count). The van der Waals surface area contributed by atoms with Crippen molar-refractivity contribution in [3.8, 4) is 0 Å². The molecule has 0 amide bonds. The lowest BCUT2D eigenvalue weighted by atomic mass is 10.2. The van der Waals surface area contributed by atoms with Crippen LogP contribution in [0.4, 0.5) is 4.39 Å². The smallest absolute Gasteiger partial charge is 0.207 e. The van der Waals surface area contributed by atoms with Crippen molar-refractivity contribution in [3.05, 3.63) is 63.9 Å². The molecule has 0 aliphatic carbocycles. The summed E-state index contributed by atoms with van der Waals surface area (Å²) >= 11 is 11.5. The summed E-state index contributed by atoms with van der Waals surface area (Å²) in [6.07, 6.45) is 0. The SMILES string of the molecule is O=S(=O)(NCc1cccc(F)c1)c1cc(Cl)cc(Cl)c1. The summed E-state index contributed by atoms with van der Waals surface area (Å²) in [5.74, 6) is -0.424. The summed E-state index contributed by atoms with van der Waals surface area (Å²) in [6, 6.07) is 9.70. The van der Waals surface area contributed by atoms with Gasteiger partial charge in [0, 0.05) is 16.6 Å². The van der Waals surface area contributed by atoms with E-state index < -0.39 is 15.8 Å². The van der Waals surface area contributed by atoms with Crippen molar-refractivity contribution in [2.24, 2.45) is 0 Å². The van der Waals surface area contributed by atoms with Gasteiger partial charge in [-0.3, -0.25) is 0 Å². The summed E-state index contributed by atoms with van der Waals surface area (Å²) in [5.41, 5.74) is 0.515. The molecule has 0 radical (unpaired) electrons. The number of hydrogen-bond donors (Lipinski definition) is 1. The maximum absolute atomic E-state index is 13.0. The number of nitrogens with one attached hydrogen (secondary N) is 1. The van der Waals surface area contributed by atoms with Gasteiger partial charge in [0.25, 0.3) is 0 Å². The van der Waals surface area contributed by atoms with Crippen LogP contribution in [0, 0.1) is 5.82 Å². The van der Waals surface area contributed by atoms with Gasteiger partial charge in [-0.15, -0.1) is 0 Å². The predicted molar refractivity (Wildman–Crippen MR) is 76.9 cm³/mol. The highest BCUT2D eigenvalue weighted by molar-refractivity contribution is 7.89. The molecule has 2 aromatic rings. The van der Waals surface area contributed by atoms with E-state index in [1.165, 1.54) is 36.4 Å². The number of benzene rings is 2. The monoisotopic (exact) mass is 333 g/mol. The molecular formula is C13H10Cl2FNO2S. The highest BCUT2D eigenvalue weighted by Crippen LogP contribution is 2.22. The first-order chi connectivity index (χ1) is 9.37. The van der Waals surface area contributed by atoms with E-state index in [2.05, 4.69) is 4.72 Å². The van der Waals surface area contributed by atoms with Crippen LogP contribution in [-0.4, -0.2) is 8.42 Å². The molecule has 0 aliphatic rings. The topological polar surface area (TPSA) is 46.2 Å². The first kappa shape index (κ1) is 15.3. The lowest BCUT2D eigenvalue weighted by Crippen LogP contribution is -2.23. The molecule has 0 atom stereocenters. The second-order valence-corrected chi connectivity index (χ2v) is 6.70. The van der Waals surface area contributed by atoms with Gasteiger partial charge in [0.05, 0.1) is 4.90 Å². The number of hydrogen-bond acceptors (Lipinski definition) is 2. The lowest BCUT2D eigenvalue weighted by Gasteiger charge is -2.08. The van der Waals surface area contributed by atoms with Crippen molar-refractivity contribution in [1.82, 2.24) is 4.72 Å². The number of rotatable bonds is 4. The minimum atomic E-state index is -3.76. The minimum Gasteiger partial charge on any atom is -0.207 e. The van der Waals surface area contributed by atoms with E-state index in [0.29, 0.717) is 5.56 Å². The largest absolute Gasteiger partial charge is 0.240 e. The Morgan fingerprint density at radius 1 is 1.05 bits per heavy atom. The standard InChI is InChI=1S/C13H10Cl2FNO2S/c14-10-5-11(15)7-13(6-10)20(18,19)17-8-9-2-1-3-12(16)4-9/h1-7,17H,8H2. The fourth-order valence-corrected chi connectivity index (χ4v) is 3.34. The lowest BCUT2D eigenvalue weighted by molar-refractivity contribution is 0.580. The van der Waals surface area contributed by atoms with Crippen molar-refractivity contribution in [2.45, 2.75) is 11.4 Å².